The zero-order valence-corrected chi connectivity index (χ0v) is 8.66. The number of nitro groups is 1. The van der Waals surface area contributed by atoms with Crippen LogP contribution in [0.1, 0.15) is 0 Å². The van der Waals surface area contributed by atoms with Crippen LogP contribution in [0.4, 0.5) is 5.69 Å². The van der Waals surface area contributed by atoms with E-state index in [0.29, 0.717) is 11.1 Å². The maximum Gasteiger partial charge on any atom is 0.262 e. The molecule has 0 spiro atoms. The van der Waals surface area contributed by atoms with Crippen molar-refractivity contribution in [2.75, 3.05) is 0 Å². The Bertz CT molecular complexity index is 563. The van der Waals surface area contributed by atoms with Crippen LogP contribution in [0.25, 0.3) is 11.1 Å². The number of hydrogen-bond donors (Lipinski definition) is 1. The van der Waals surface area contributed by atoms with E-state index >= 15 is 0 Å². The molecule has 0 unspecified atom stereocenters. The highest BCUT2D eigenvalue weighted by Gasteiger charge is 2.08. The quantitative estimate of drug-likeness (QED) is 0.631. The Morgan fingerprint density at radius 3 is 2.18 bits per heavy atom. The topological polar surface area (TPSA) is 86.4 Å². The largest absolute Gasteiger partial charge is 0.868 e. The van der Waals surface area contributed by atoms with E-state index in [4.69, 9.17) is 5.11 Å². The van der Waals surface area contributed by atoms with Gasteiger partial charge in [-0.3, -0.25) is 10.1 Å². The number of hydrogen-bond acceptors (Lipinski definition) is 4. The molecule has 0 saturated carbocycles. The summed E-state index contributed by atoms with van der Waals surface area (Å²) < 4.78 is 0. The second-order valence-electron chi connectivity index (χ2n) is 3.49. The Kier molecular flexibility index (Phi) is 2.66. The van der Waals surface area contributed by atoms with Crippen LogP contribution >= 0.6 is 0 Å². The Hall–Kier alpha value is -2.56. The van der Waals surface area contributed by atoms with Gasteiger partial charge in [0.2, 0.25) is 0 Å². The number of aromatic hydroxyl groups is 1. The second-order valence-corrected chi connectivity index (χ2v) is 3.49. The minimum absolute atomic E-state index is 0.115. The summed E-state index contributed by atoms with van der Waals surface area (Å²) >= 11 is 0. The van der Waals surface area contributed by atoms with Gasteiger partial charge in [0.25, 0.3) is 5.69 Å². The minimum Gasteiger partial charge on any atom is -0.868 e. The fourth-order valence-electron chi connectivity index (χ4n) is 1.49. The van der Waals surface area contributed by atoms with Crippen molar-refractivity contribution >= 4 is 5.69 Å². The monoisotopic (exact) mass is 230 g/mol. The van der Waals surface area contributed by atoms with E-state index in [9.17, 15) is 15.2 Å². The fourth-order valence-corrected chi connectivity index (χ4v) is 1.49. The molecule has 0 aliphatic carbocycles. The van der Waals surface area contributed by atoms with Gasteiger partial charge in [0.1, 0.15) is 5.75 Å². The van der Waals surface area contributed by atoms with Crippen molar-refractivity contribution < 1.29 is 15.1 Å². The van der Waals surface area contributed by atoms with Crippen LogP contribution in [0.3, 0.4) is 0 Å². The van der Waals surface area contributed by atoms with Gasteiger partial charge in [-0.05, 0) is 29.0 Å². The molecule has 0 atom stereocenters. The molecule has 0 aromatic heterocycles. The van der Waals surface area contributed by atoms with Gasteiger partial charge in [-0.25, -0.2) is 0 Å². The molecule has 17 heavy (non-hydrogen) atoms. The number of benzene rings is 2. The van der Waals surface area contributed by atoms with Gasteiger partial charge in [-0.15, -0.1) is 0 Å². The SMILES string of the molecule is O=[N+]([O-])c1cc(-c2ccc(O)cc2)ccc1[O-]. The lowest BCUT2D eigenvalue weighted by Crippen LogP contribution is -1.97. The molecule has 86 valence electrons. The summed E-state index contributed by atoms with van der Waals surface area (Å²) in [5, 5.41) is 31.0. The number of nitro benzene ring substituents is 1. The molecule has 0 fully saturated rings. The maximum atomic E-state index is 11.2. The molecule has 0 heterocycles. The van der Waals surface area contributed by atoms with Gasteiger partial charge >= 0.3 is 0 Å². The number of phenolic OH excluding ortho intramolecular Hbond substituents is 1. The zero-order chi connectivity index (χ0) is 12.4. The van der Waals surface area contributed by atoms with Gasteiger partial charge in [0.15, 0.2) is 0 Å². The second kappa shape index (κ2) is 4.13. The predicted octanol–water partition coefficient (Wildman–Crippen LogP) is 2.04. The Morgan fingerprint density at radius 2 is 1.59 bits per heavy atom. The number of phenols is 1. The van der Waals surface area contributed by atoms with Gasteiger partial charge in [-0.1, -0.05) is 24.3 Å². The third-order valence-corrected chi connectivity index (χ3v) is 2.36. The van der Waals surface area contributed by atoms with E-state index in [1.54, 1.807) is 12.1 Å². The fraction of sp³-hybridized carbons (Fsp3) is 0. The van der Waals surface area contributed by atoms with Gasteiger partial charge in [0, 0.05) is 6.07 Å². The highest BCUT2D eigenvalue weighted by atomic mass is 16.6. The Labute approximate surface area is 96.7 Å². The first kappa shape index (κ1) is 10.9. The molecule has 0 aliphatic rings. The molecule has 1 N–H and O–H groups in total. The summed E-state index contributed by atoms with van der Waals surface area (Å²) in [7, 11) is 0. The third kappa shape index (κ3) is 2.17. The molecule has 2 aromatic carbocycles. The molecule has 0 saturated heterocycles. The molecule has 5 heteroatoms. The minimum atomic E-state index is -0.702. The molecular weight excluding hydrogens is 222 g/mol. The molecule has 2 aromatic rings. The van der Waals surface area contributed by atoms with E-state index in [1.165, 1.54) is 30.3 Å². The average Bonchev–Trinajstić information content (AvgIpc) is 2.30. The van der Waals surface area contributed by atoms with Crippen LogP contribution in [-0.4, -0.2) is 10.0 Å². The van der Waals surface area contributed by atoms with Crippen LogP contribution in [-0.2, 0) is 0 Å². The van der Waals surface area contributed by atoms with Gasteiger partial charge in [0.05, 0.1) is 4.92 Å². The zero-order valence-electron chi connectivity index (χ0n) is 8.66. The standard InChI is InChI=1S/C12H9NO4/c14-10-4-1-8(2-5-10)9-3-6-12(15)11(7-9)13(16)17/h1-7,14-15H/p-1. The van der Waals surface area contributed by atoms with Gasteiger partial charge < -0.3 is 10.2 Å². The van der Waals surface area contributed by atoms with Crippen molar-refractivity contribution in [1.82, 2.24) is 0 Å². The lowest BCUT2D eigenvalue weighted by Gasteiger charge is -2.08. The normalized spacial score (nSPS) is 10.1. The van der Waals surface area contributed by atoms with Crippen molar-refractivity contribution in [3.8, 4) is 22.6 Å². The van der Waals surface area contributed by atoms with E-state index in [1.807, 2.05) is 0 Å². The summed E-state index contributed by atoms with van der Waals surface area (Å²) in [6.07, 6.45) is 0. The van der Waals surface area contributed by atoms with Crippen molar-refractivity contribution in [2.24, 2.45) is 0 Å². The molecule has 0 radical (unpaired) electrons. The summed E-state index contributed by atoms with van der Waals surface area (Å²) in [5.74, 6) is -0.499. The van der Waals surface area contributed by atoms with E-state index in [-0.39, 0.29) is 5.75 Å². The van der Waals surface area contributed by atoms with E-state index < -0.39 is 16.4 Å². The molecule has 0 aliphatic heterocycles. The first-order valence-corrected chi connectivity index (χ1v) is 4.83. The highest BCUT2D eigenvalue weighted by Crippen LogP contribution is 2.30. The predicted molar refractivity (Wildman–Crippen MR) is 59.6 cm³/mol. The van der Waals surface area contributed by atoms with Crippen LogP contribution in [0.15, 0.2) is 42.5 Å². The van der Waals surface area contributed by atoms with Crippen LogP contribution in [0, 0.1) is 10.1 Å². The molecule has 0 bridgehead atoms. The highest BCUT2D eigenvalue weighted by molar-refractivity contribution is 5.68. The smallest absolute Gasteiger partial charge is 0.262 e. The lowest BCUT2D eigenvalue weighted by atomic mass is 10.0. The third-order valence-electron chi connectivity index (χ3n) is 2.36. The first-order valence-electron chi connectivity index (χ1n) is 4.83. The summed E-state index contributed by atoms with van der Waals surface area (Å²) in [6.45, 7) is 0. The Balaban J connectivity index is 2.50. The van der Waals surface area contributed by atoms with Crippen molar-refractivity contribution in [3.63, 3.8) is 0 Å². The van der Waals surface area contributed by atoms with Gasteiger partial charge in [-0.2, -0.15) is 0 Å². The first-order chi connectivity index (χ1) is 8.08. The number of nitrogens with zero attached hydrogens (tertiary/aromatic N) is 1. The summed E-state index contributed by atoms with van der Waals surface area (Å²) in [4.78, 5) is 9.92. The van der Waals surface area contributed by atoms with E-state index in [2.05, 4.69) is 0 Å². The van der Waals surface area contributed by atoms with E-state index in [0.717, 1.165) is 0 Å². The van der Waals surface area contributed by atoms with Crippen LogP contribution in [0.2, 0.25) is 0 Å². The summed E-state index contributed by atoms with van der Waals surface area (Å²) in [6, 6.07) is 10.1. The van der Waals surface area contributed by atoms with Crippen LogP contribution < -0.4 is 5.11 Å². The van der Waals surface area contributed by atoms with Crippen molar-refractivity contribution in [1.29, 1.82) is 0 Å². The van der Waals surface area contributed by atoms with Crippen molar-refractivity contribution in [3.05, 3.63) is 52.6 Å². The Morgan fingerprint density at radius 1 is 1.00 bits per heavy atom. The van der Waals surface area contributed by atoms with Crippen LogP contribution in [0.5, 0.6) is 11.5 Å². The molecule has 5 nitrogen and oxygen atoms in total. The lowest BCUT2D eigenvalue weighted by molar-refractivity contribution is -0.398. The van der Waals surface area contributed by atoms with Crippen molar-refractivity contribution in [2.45, 2.75) is 0 Å². The molecule has 2 rings (SSSR count). The maximum absolute atomic E-state index is 11.2. The summed E-state index contributed by atoms with van der Waals surface area (Å²) in [5.41, 5.74) is 0.817. The average molecular weight is 230 g/mol. The number of rotatable bonds is 2. The molecule has 0 amide bonds. The molecular formula is C12H8NO4-.